The van der Waals surface area contributed by atoms with Crippen molar-refractivity contribution < 1.29 is 126 Å². The van der Waals surface area contributed by atoms with Gasteiger partial charge in [0.25, 0.3) is 0 Å². The normalized spacial score (nSPS) is 28.0. The maximum absolute atomic E-state index is 16.2. The van der Waals surface area contributed by atoms with E-state index in [4.69, 9.17) is 63.1 Å². The van der Waals surface area contributed by atoms with E-state index >= 15 is 14.4 Å². The molecule has 20 N–H and O–H groups in total. The second-order valence-corrected chi connectivity index (χ2v) is 29.4. The predicted molar refractivity (Wildman–Crippen MR) is 380 cm³/mol. The fraction of sp³-hybridized carbons (Fsp3) is 0.408. The number of amides is 7. The van der Waals surface area contributed by atoms with E-state index in [0.717, 1.165) is 79.0 Å². The van der Waals surface area contributed by atoms with Crippen molar-refractivity contribution in [1.29, 1.82) is 0 Å². The lowest BCUT2D eigenvalue weighted by atomic mass is 9.86. The van der Waals surface area contributed by atoms with Crippen LogP contribution in [0.3, 0.4) is 0 Å². The molecule has 11 bridgehead atoms. The molecule has 13 rings (SSSR count). The molecule has 2 fully saturated rings. The van der Waals surface area contributed by atoms with Crippen molar-refractivity contribution in [3.8, 4) is 57.1 Å². The minimum atomic E-state index is -4.94. The van der Waals surface area contributed by atoms with E-state index in [-0.39, 0.29) is 29.9 Å². The second-order valence-electron chi connectivity index (χ2n) is 27.6. The molecule has 0 spiro atoms. The Hall–Kier alpha value is -9.94. The number of carboxylic acids is 1. The van der Waals surface area contributed by atoms with Gasteiger partial charge in [-0.3, -0.25) is 33.6 Å². The van der Waals surface area contributed by atoms with Gasteiger partial charge in [0.2, 0.25) is 53.4 Å². The monoisotopic (exact) mass is 1610 g/mol. The van der Waals surface area contributed by atoms with Crippen LogP contribution in [0.2, 0.25) is 10.0 Å². The molecule has 7 aliphatic rings. The third-order valence-electron chi connectivity index (χ3n) is 18.9. The highest BCUT2D eigenvalue weighted by atomic mass is 35.5. The van der Waals surface area contributed by atoms with Gasteiger partial charge in [-0.05, 0) is 116 Å². The third-order valence-corrected chi connectivity index (χ3v) is 20.4. The molecule has 34 nitrogen and oxygen atoms in total. The summed E-state index contributed by atoms with van der Waals surface area (Å²) in [6, 6.07) is -0.867. The molecule has 1 aromatic heterocycles. The largest absolute Gasteiger partial charge is 0.508 e. The van der Waals surface area contributed by atoms with Gasteiger partial charge in [-0.2, -0.15) is 13.2 Å². The molecular formula is C71H76Cl2F3N11O23S. The number of nitrogens with one attached hydrogen (secondary N) is 7. The zero-order chi connectivity index (χ0) is 80.7. The molecule has 111 heavy (non-hydrogen) atoms. The minimum Gasteiger partial charge on any atom is -0.508 e. The van der Waals surface area contributed by atoms with Gasteiger partial charge in [0.15, 0.2) is 35.1 Å². The second kappa shape index (κ2) is 33.2. The number of alkyl halides is 3. The number of nitrogens with zero attached hydrogens (tertiary/aromatic N) is 2. The summed E-state index contributed by atoms with van der Waals surface area (Å²) in [4.78, 5) is 125. The number of rotatable bonds is 15. The number of carbonyl (C=O) groups excluding carboxylic acids is 7. The maximum Gasteiger partial charge on any atom is 0.433 e. The number of ether oxygens (including phenoxy) is 6. The molecular weight excluding hydrogens is 1530 g/mol. The van der Waals surface area contributed by atoms with Crippen LogP contribution in [0.25, 0.3) is 11.1 Å². The summed E-state index contributed by atoms with van der Waals surface area (Å²) < 4.78 is 81.0. The van der Waals surface area contributed by atoms with Gasteiger partial charge in [-0.15, -0.1) is 0 Å². The number of nitrogens with two attached hydrogens (primary N) is 2. The molecule has 2 unspecified atom stereocenters. The van der Waals surface area contributed by atoms with Crippen LogP contribution in [-0.2, 0) is 58.7 Å². The first kappa shape index (κ1) is 82.0. The first-order valence-corrected chi connectivity index (χ1v) is 35.9. The van der Waals surface area contributed by atoms with E-state index in [1.54, 1.807) is 13.8 Å². The Morgan fingerprint density at radius 1 is 0.748 bits per heavy atom. The number of aromatic nitrogens is 2. The van der Waals surface area contributed by atoms with Crippen molar-refractivity contribution in [2.24, 2.45) is 17.4 Å². The van der Waals surface area contributed by atoms with Gasteiger partial charge in [-0.25, -0.2) is 14.8 Å². The maximum atomic E-state index is 16.2. The molecule has 594 valence electrons. The Kier molecular flexibility index (Phi) is 24.5. The Bertz CT molecular complexity index is 4630. The molecule has 7 aliphatic heterocycles. The number of phenols is 3. The molecule has 8 heterocycles. The Morgan fingerprint density at radius 2 is 1.37 bits per heavy atom. The Labute approximate surface area is 642 Å². The van der Waals surface area contributed by atoms with E-state index < -0.39 is 270 Å². The molecule has 5 aromatic carbocycles. The average molecular weight is 1610 g/mol. The molecule has 7 amide bonds. The first-order valence-electron chi connectivity index (χ1n) is 34.2. The summed E-state index contributed by atoms with van der Waals surface area (Å²) in [7, 11) is 1.45. The number of primary amides is 1. The number of carbonyl (C=O) groups is 8. The zero-order valence-electron chi connectivity index (χ0n) is 59.0. The van der Waals surface area contributed by atoms with E-state index in [9.17, 15) is 83.1 Å². The van der Waals surface area contributed by atoms with Crippen LogP contribution in [0.15, 0.2) is 96.3 Å². The summed E-state index contributed by atoms with van der Waals surface area (Å²) in [5.41, 5.74) is 6.37. The van der Waals surface area contributed by atoms with Gasteiger partial charge >= 0.3 is 12.1 Å². The van der Waals surface area contributed by atoms with Gasteiger partial charge in [0, 0.05) is 46.7 Å². The topological polar surface area (TPSA) is 536 Å². The fourth-order valence-corrected chi connectivity index (χ4v) is 14.5. The number of halogens is 5. The number of hydrogen-bond donors (Lipinski definition) is 18. The number of hydrogen-bond acceptors (Lipinski definition) is 27. The number of aliphatic carboxylic acids is 1. The molecule has 2 saturated heterocycles. The van der Waals surface area contributed by atoms with Crippen LogP contribution in [0.1, 0.15) is 111 Å². The predicted octanol–water partition coefficient (Wildman–Crippen LogP) is 2.72. The van der Waals surface area contributed by atoms with E-state index in [2.05, 4.69) is 47.2 Å². The fourth-order valence-electron chi connectivity index (χ4n) is 13.2. The van der Waals surface area contributed by atoms with Gasteiger partial charge in [0.1, 0.15) is 89.1 Å². The van der Waals surface area contributed by atoms with Crippen LogP contribution in [0.5, 0.6) is 46.0 Å². The summed E-state index contributed by atoms with van der Waals surface area (Å²) in [5.74, 6) is -17.3. The van der Waals surface area contributed by atoms with Crippen LogP contribution in [-0.4, -0.2) is 195 Å². The number of fused-ring (bicyclic) bond motifs is 15. The number of aliphatic hydroxyl groups is 5. The van der Waals surface area contributed by atoms with Crippen LogP contribution in [0, 0.1) is 5.92 Å². The summed E-state index contributed by atoms with van der Waals surface area (Å²) >= 11 is 14.7. The Balaban J connectivity index is 1.16. The quantitative estimate of drug-likeness (QED) is 0.0519. The van der Waals surface area contributed by atoms with Crippen molar-refractivity contribution in [2.75, 3.05) is 12.8 Å². The van der Waals surface area contributed by atoms with Crippen molar-refractivity contribution >= 4 is 82.3 Å². The lowest BCUT2D eigenvalue weighted by Gasteiger charge is -2.47. The van der Waals surface area contributed by atoms with E-state index in [1.807, 2.05) is 0 Å². The summed E-state index contributed by atoms with van der Waals surface area (Å²) in [6.45, 7) is 6.51. The van der Waals surface area contributed by atoms with Gasteiger partial charge < -0.3 is 123 Å². The highest BCUT2D eigenvalue weighted by Crippen LogP contribution is 2.50. The highest BCUT2D eigenvalue weighted by molar-refractivity contribution is 7.99. The number of thioether (sulfide) groups is 1. The van der Waals surface area contributed by atoms with Gasteiger partial charge in [0.05, 0.1) is 40.8 Å². The third kappa shape index (κ3) is 18.0. The number of phenolic OH excluding ortho intramolecular Hbond substituents is 3. The SMILES string of the molecule is CN[C@H](CC(C)C)C(=O)N[C@H]1C(=O)N[C@@H](CC(N)=O)C(=O)NC2C(=O)N[C@H]3C(=O)NC(C(=O)N[C@H](C(=O)O)c4cc(O)cc(O)c4-c4cc3ccc4O)[C@H](O)c3ccc(c(Cl)c3)Oc3cc2cc(c3O[C@@H]2O[C@H](CSc3nccc(C(F)(F)F)n3)[C@@H](O)[C@H](O)[C@H]2O[C@H]2C[C@](C)(N)[C@H](O)[C@H](C)O2)Oc2ccc(cc2Cl)[C@H]1O. The number of likely N-dealkylation sites (N-methyl/N-ethyl adjacent to an activating group) is 1. The molecule has 6 aromatic rings. The highest BCUT2D eigenvalue weighted by Gasteiger charge is 2.52. The van der Waals surface area contributed by atoms with Crippen molar-refractivity contribution in [2.45, 2.75) is 168 Å². The zero-order valence-corrected chi connectivity index (χ0v) is 61.3. The molecule has 0 radical (unpaired) electrons. The molecule has 18 atom stereocenters. The Morgan fingerprint density at radius 3 is 1.97 bits per heavy atom. The number of aromatic hydroxyl groups is 3. The van der Waals surface area contributed by atoms with Crippen molar-refractivity contribution in [1.82, 2.24) is 47.2 Å². The minimum absolute atomic E-state index is 0.130. The first-order chi connectivity index (χ1) is 52.3. The summed E-state index contributed by atoms with van der Waals surface area (Å²) in [6.07, 6.45) is -23.7. The van der Waals surface area contributed by atoms with Crippen molar-refractivity contribution in [3.05, 3.63) is 135 Å². The number of benzene rings is 5. The van der Waals surface area contributed by atoms with Crippen LogP contribution < -0.4 is 62.9 Å². The van der Waals surface area contributed by atoms with E-state index in [0.29, 0.717) is 17.8 Å². The van der Waals surface area contributed by atoms with Gasteiger partial charge in [-0.1, -0.05) is 67.0 Å². The molecule has 0 aliphatic carbocycles. The lowest BCUT2D eigenvalue weighted by molar-refractivity contribution is -0.329. The lowest BCUT2D eigenvalue weighted by Crippen LogP contribution is -2.64. The standard InChI is InChI=1S/C71H76Cl2F3N11O23S/c1-25(2)14-36(79-5)61(97)86-52-54(92)28-7-10-40(34(72)16-28)106-42-18-30-19-43(58(42)110-68-59(109-47-23-70(4,78)60(96)26(3)105-47)57(95)56(94)44(108-68)24-111-69-80-13-12-45(82-69)71(74,75)76)107-41-11-8-29(17-35(41)73)55(93)53-66(102)85-51(67(103)104)33-20-31(88)21-39(90)48(33)32-15-27(6-9-38(32)89)49(63(99)87-53)84-64(100)50(30)83-62(98)37(22-46(77)91)81-65(52)101/h6-13,15-21,25-26,36-37,44,47,49-57,59-60,68,79,88-90,92-96H,14,22-24,78H2,1-5H3,(H2,77,91)(H,81,101)(H,83,98)(H,84,100)(H,85,102)(H,86,97)(H,87,99)(H,103,104)/t26-,36+,37-,44+,47-,49+,50?,51-,52+,53?,54+,55+,56+,57-,59+,60+,68-,70-/m0/s1. The average Bonchev–Trinajstić information content (AvgIpc) is 0.767. The van der Waals surface area contributed by atoms with Crippen LogP contribution in [0.4, 0.5) is 13.2 Å². The summed E-state index contributed by atoms with van der Waals surface area (Å²) in [5, 5.41) is 121. The smallest absolute Gasteiger partial charge is 0.433 e. The number of aliphatic hydroxyl groups excluding tert-OH is 5. The van der Waals surface area contributed by atoms with Crippen LogP contribution >= 0.6 is 35.0 Å². The molecule has 0 saturated carbocycles. The van der Waals surface area contributed by atoms with Crippen molar-refractivity contribution in [3.63, 3.8) is 0 Å². The van der Waals surface area contributed by atoms with E-state index in [1.165, 1.54) is 27.0 Å². The number of carboxylic acid groups (broad SMARTS) is 1. The molecule has 40 heteroatoms.